The summed E-state index contributed by atoms with van der Waals surface area (Å²) < 4.78 is 8.58. The molecule has 3 aliphatic rings. The van der Waals surface area contributed by atoms with Crippen molar-refractivity contribution in [2.24, 2.45) is 11.8 Å². The summed E-state index contributed by atoms with van der Waals surface area (Å²) in [5.41, 5.74) is 3.74. The number of para-hydroxylation sites is 1. The molecule has 7 aromatic rings. The van der Waals surface area contributed by atoms with Crippen LogP contribution in [0.15, 0.2) is 135 Å². The zero-order valence-electron chi connectivity index (χ0n) is 46.6. The number of anilines is 1. The quantitative estimate of drug-likeness (QED) is 0.164. The minimum absolute atomic E-state index is 0.0660. The van der Waals surface area contributed by atoms with Crippen molar-refractivity contribution >= 4 is 27.4 Å². The first-order valence-corrected chi connectivity index (χ1v) is 25.5. The van der Waals surface area contributed by atoms with Gasteiger partial charge in [0.1, 0.15) is 0 Å². The first-order valence-electron chi connectivity index (χ1n) is 25.5. The van der Waals surface area contributed by atoms with Crippen molar-refractivity contribution in [3.8, 4) is 0 Å². The number of hydrogen-bond donors (Lipinski definition) is 0. The number of aromatic nitrogens is 7. The maximum absolute atomic E-state index is 3.98. The van der Waals surface area contributed by atoms with Gasteiger partial charge in [-0.1, -0.05) is 47.7 Å². The van der Waals surface area contributed by atoms with Crippen molar-refractivity contribution in [1.29, 1.82) is 0 Å². The standard InChI is InChI=1S/C12H23N.2C12H15N.C10H16N2.C8H13N.C6H11N3/c1-12(2,3)13-8-10-4-5-11(9-13)7-6-10;1-12(2,3)13-8-10-6-4-5-7-11(10)9-13;1-12(2,3)13-9-8-10-6-4-5-7-11(10)13;1-10(2,3)12(4)9-5-7-11-8-6-9;1-8(2,3)9-6-4-5-7-9;1-6(2,3)9-5-4-7-8-9/h10-11H,4-9H2,1-3H3;2*4-9H,1-3H3;5-8H,1-4H3;4-7H,1-3H3;4-5H,1-3H3. The van der Waals surface area contributed by atoms with Crippen LogP contribution in [0.3, 0.4) is 0 Å². The van der Waals surface area contributed by atoms with E-state index in [9.17, 15) is 0 Å². The molecule has 3 fully saturated rings. The molecule has 2 bridgehead atoms. The molecule has 2 aliphatic heterocycles. The molecule has 2 saturated heterocycles. The fraction of sp³-hybridized carbons (Fsp3) is 0.550. The topological polar surface area (TPSA) is 64.9 Å². The third kappa shape index (κ3) is 18.0. The number of nitrogens with zero attached hydrogens (tertiary/aromatic N) is 9. The van der Waals surface area contributed by atoms with Crippen LogP contribution in [0, 0.1) is 11.8 Å². The largest absolute Gasteiger partial charge is 0.370 e. The first-order chi connectivity index (χ1) is 31.9. The van der Waals surface area contributed by atoms with Crippen molar-refractivity contribution in [2.45, 2.75) is 184 Å². The molecule has 69 heavy (non-hydrogen) atoms. The predicted octanol–water partition coefficient (Wildman–Crippen LogP) is 15.3. The highest BCUT2D eigenvalue weighted by Crippen LogP contribution is 2.36. The van der Waals surface area contributed by atoms with Gasteiger partial charge in [-0.05, 0) is 215 Å². The molecule has 0 radical (unpaired) electrons. The van der Waals surface area contributed by atoms with E-state index < -0.39 is 0 Å². The van der Waals surface area contributed by atoms with Gasteiger partial charge in [-0.3, -0.25) is 9.88 Å². The van der Waals surface area contributed by atoms with Crippen molar-refractivity contribution in [3.63, 3.8) is 0 Å². The molecule has 0 amide bonds. The van der Waals surface area contributed by atoms with Gasteiger partial charge in [0.15, 0.2) is 0 Å². The molecule has 0 atom stereocenters. The average Bonchev–Trinajstić information content (AvgIpc) is 4.10. The summed E-state index contributed by atoms with van der Waals surface area (Å²) in [5, 5.41) is 11.5. The Bertz CT molecular complexity index is 2380. The van der Waals surface area contributed by atoms with E-state index in [1.807, 2.05) is 47.5 Å². The first kappa shape index (κ1) is 56.4. The van der Waals surface area contributed by atoms with Gasteiger partial charge in [-0.15, -0.1) is 5.10 Å². The van der Waals surface area contributed by atoms with Crippen molar-refractivity contribution in [1.82, 2.24) is 38.6 Å². The second kappa shape index (κ2) is 23.6. The van der Waals surface area contributed by atoms with Crippen LogP contribution in [0.4, 0.5) is 5.69 Å². The van der Waals surface area contributed by atoms with Gasteiger partial charge in [-0.25, -0.2) is 4.68 Å². The molecule has 0 N–H and O–H groups in total. The highest BCUT2D eigenvalue weighted by Gasteiger charge is 2.33. The van der Waals surface area contributed by atoms with Crippen LogP contribution in [0.2, 0.25) is 0 Å². The Morgan fingerprint density at radius 2 is 0.942 bits per heavy atom. The van der Waals surface area contributed by atoms with Gasteiger partial charge < -0.3 is 18.6 Å². The molecule has 0 spiro atoms. The van der Waals surface area contributed by atoms with Gasteiger partial charge in [0, 0.05) is 109 Å². The number of rotatable bonds is 1. The number of fused-ring (bicyclic) bond motifs is 6. The lowest BCUT2D eigenvalue weighted by molar-refractivity contribution is 0.123. The summed E-state index contributed by atoms with van der Waals surface area (Å²) in [5.74, 6) is 2.02. The van der Waals surface area contributed by atoms with Crippen molar-refractivity contribution in [3.05, 3.63) is 135 Å². The van der Waals surface area contributed by atoms with Gasteiger partial charge >= 0.3 is 0 Å². The summed E-state index contributed by atoms with van der Waals surface area (Å²) in [4.78, 5) is 8.92. The lowest BCUT2D eigenvalue weighted by Gasteiger charge is -2.36. The lowest BCUT2D eigenvalue weighted by atomic mass is 9.84. The third-order valence-electron chi connectivity index (χ3n) is 13.1. The highest BCUT2D eigenvalue weighted by atomic mass is 15.4. The highest BCUT2D eigenvalue weighted by molar-refractivity contribution is 5.82. The molecule has 9 nitrogen and oxygen atoms in total. The minimum Gasteiger partial charge on any atom is -0.370 e. The third-order valence-corrected chi connectivity index (χ3v) is 13.1. The molecule has 5 aromatic heterocycles. The predicted molar refractivity (Wildman–Crippen MR) is 297 cm³/mol. The summed E-state index contributed by atoms with van der Waals surface area (Å²) in [6, 6.07) is 27.2. The molecule has 378 valence electrons. The summed E-state index contributed by atoms with van der Waals surface area (Å²) in [6.45, 7) is 42.5. The van der Waals surface area contributed by atoms with Crippen LogP contribution in [0.25, 0.3) is 21.7 Å². The Kier molecular flexibility index (Phi) is 19.3. The fourth-order valence-electron chi connectivity index (χ4n) is 8.28. The average molecular weight is 940 g/mol. The monoisotopic (exact) mass is 940 g/mol. The van der Waals surface area contributed by atoms with Crippen LogP contribution in [-0.2, 0) is 22.2 Å². The maximum atomic E-state index is 3.98. The molecule has 9 heteroatoms. The Morgan fingerprint density at radius 3 is 1.32 bits per heavy atom. The van der Waals surface area contributed by atoms with E-state index in [0.29, 0.717) is 5.54 Å². The Labute approximate surface area is 419 Å². The molecule has 1 saturated carbocycles. The fourth-order valence-corrected chi connectivity index (χ4v) is 8.28. The molecule has 10 rings (SSSR count). The van der Waals surface area contributed by atoms with Crippen LogP contribution in [0.1, 0.15) is 150 Å². The molecule has 1 aliphatic carbocycles. The van der Waals surface area contributed by atoms with Crippen molar-refractivity contribution in [2.75, 3.05) is 25.0 Å². The van der Waals surface area contributed by atoms with Crippen LogP contribution in [0.5, 0.6) is 0 Å². The van der Waals surface area contributed by atoms with E-state index in [0.717, 1.165) is 11.8 Å². The van der Waals surface area contributed by atoms with Crippen molar-refractivity contribution < 1.29 is 0 Å². The Balaban J connectivity index is 0.000000182. The molecular formula is C60H93N9. The van der Waals surface area contributed by atoms with E-state index in [1.54, 1.807) is 6.20 Å². The van der Waals surface area contributed by atoms with E-state index in [4.69, 9.17) is 0 Å². The van der Waals surface area contributed by atoms with E-state index in [-0.39, 0.29) is 27.7 Å². The SMILES string of the molecule is CC(C)(C)N1CC2CCC(CC2)C1.CC(C)(C)n1cc2ccccc2c1.CC(C)(C)n1ccc2ccccc21.CC(C)(C)n1cccc1.CC(C)(C)n1ccnn1.CN(c1ccncc1)C(C)(C)C. The molecule has 7 heterocycles. The summed E-state index contributed by atoms with van der Waals surface area (Å²) in [7, 11) is 2.09. The normalized spacial score (nSPS) is 16.5. The van der Waals surface area contributed by atoms with Gasteiger partial charge in [0.2, 0.25) is 0 Å². The summed E-state index contributed by atoms with van der Waals surface area (Å²) >= 11 is 0. The second-order valence-corrected chi connectivity index (χ2v) is 25.1. The Morgan fingerprint density at radius 1 is 0.464 bits per heavy atom. The van der Waals surface area contributed by atoms with E-state index in [2.05, 4.69) is 256 Å². The van der Waals surface area contributed by atoms with E-state index >= 15 is 0 Å². The van der Waals surface area contributed by atoms with E-state index in [1.165, 1.54) is 66.1 Å². The van der Waals surface area contributed by atoms with Crippen LogP contribution < -0.4 is 4.90 Å². The number of pyridine rings is 1. The zero-order chi connectivity index (χ0) is 51.4. The van der Waals surface area contributed by atoms with Gasteiger partial charge in [0.25, 0.3) is 0 Å². The molecule has 0 unspecified atom stereocenters. The lowest BCUT2D eigenvalue weighted by Crippen LogP contribution is -2.43. The smallest absolute Gasteiger partial charge is 0.0693 e. The second-order valence-electron chi connectivity index (χ2n) is 25.1. The maximum Gasteiger partial charge on any atom is 0.0693 e. The molecular weight excluding hydrogens is 847 g/mol. The van der Waals surface area contributed by atoms with Crippen LogP contribution in [-0.4, -0.2) is 69.8 Å². The zero-order valence-corrected chi connectivity index (χ0v) is 46.6. The van der Waals surface area contributed by atoms with Gasteiger partial charge in [-0.2, -0.15) is 0 Å². The summed E-state index contributed by atoms with van der Waals surface area (Å²) in [6.07, 6.45) is 23.9. The molecule has 2 aromatic carbocycles. The number of hydrogen-bond acceptors (Lipinski definition) is 5. The van der Waals surface area contributed by atoms with Crippen LogP contribution >= 0.6 is 0 Å². The Hall–Kier alpha value is -5.15. The minimum atomic E-state index is 0.0660. The number of benzene rings is 2. The van der Waals surface area contributed by atoms with Gasteiger partial charge in [0.05, 0.1) is 11.7 Å².